The first-order valence-electron chi connectivity index (χ1n) is 10.9. The lowest BCUT2D eigenvalue weighted by molar-refractivity contribution is -0.133. The van der Waals surface area contributed by atoms with Crippen molar-refractivity contribution in [2.45, 2.75) is 19.3 Å². The van der Waals surface area contributed by atoms with E-state index < -0.39 is 0 Å². The first-order valence-corrected chi connectivity index (χ1v) is 10.9. The van der Waals surface area contributed by atoms with Crippen LogP contribution in [0.4, 0.5) is 5.82 Å². The van der Waals surface area contributed by atoms with Crippen molar-refractivity contribution in [2.24, 2.45) is 0 Å². The molecular weight excluding hydrogens is 388 g/mol. The van der Waals surface area contributed by atoms with Crippen molar-refractivity contribution >= 4 is 11.7 Å². The van der Waals surface area contributed by atoms with E-state index in [0.717, 1.165) is 48.6 Å². The van der Waals surface area contributed by atoms with Crippen molar-refractivity contribution in [3.05, 3.63) is 71.9 Å². The number of aromatic nitrogens is 2. The maximum Gasteiger partial charge on any atom is 0.260 e. The van der Waals surface area contributed by atoms with Crippen LogP contribution in [-0.2, 0) is 17.6 Å². The molecule has 1 aromatic heterocycles. The molecule has 0 radical (unpaired) electrons. The molecule has 2 aromatic carbocycles. The quantitative estimate of drug-likeness (QED) is 0.641. The first kappa shape index (κ1) is 19.5. The molecule has 0 atom stereocenters. The molecule has 6 nitrogen and oxygen atoms in total. The van der Waals surface area contributed by atoms with Crippen LogP contribution in [-0.4, -0.2) is 53.8 Å². The van der Waals surface area contributed by atoms with Crippen molar-refractivity contribution < 1.29 is 9.53 Å². The van der Waals surface area contributed by atoms with Gasteiger partial charge in [-0.25, -0.2) is 0 Å². The van der Waals surface area contributed by atoms with E-state index in [0.29, 0.717) is 18.8 Å². The second-order valence-electron chi connectivity index (χ2n) is 8.07. The van der Waals surface area contributed by atoms with Gasteiger partial charge in [0.25, 0.3) is 5.91 Å². The third-order valence-corrected chi connectivity index (χ3v) is 6.09. The molecule has 3 aromatic rings. The lowest BCUT2D eigenvalue weighted by Gasteiger charge is -2.35. The van der Waals surface area contributed by atoms with Crippen molar-refractivity contribution in [1.82, 2.24) is 15.1 Å². The van der Waals surface area contributed by atoms with Crippen LogP contribution in [0.25, 0.3) is 11.1 Å². The summed E-state index contributed by atoms with van der Waals surface area (Å²) >= 11 is 0. The van der Waals surface area contributed by atoms with Crippen LogP contribution in [0.5, 0.6) is 5.75 Å². The lowest BCUT2D eigenvalue weighted by Crippen LogP contribution is -2.50. The Morgan fingerprint density at radius 1 is 0.871 bits per heavy atom. The normalized spacial score (nSPS) is 15.6. The fourth-order valence-electron chi connectivity index (χ4n) is 4.27. The molecule has 1 aliphatic carbocycles. The van der Waals surface area contributed by atoms with Gasteiger partial charge in [-0.1, -0.05) is 42.5 Å². The number of carbonyl (C=O) groups excluding carboxylic acids is 1. The van der Waals surface area contributed by atoms with Gasteiger partial charge in [-0.15, -0.1) is 5.10 Å². The molecule has 0 saturated carbocycles. The summed E-state index contributed by atoms with van der Waals surface area (Å²) in [6.07, 6.45) is 3.31. The van der Waals surface area contributed by atoms with Crippen molar-refractivity contribution in [2.75, 3.05) is 37.7 Å². The number of hydrogen-bond acceptors (Lipinski definition) is 5. The molecule has 1 amide bonds. The number of piperazine rings is 1. The maximum absolute atomic E-state index is 12.6. The molecule has 1 aliphatic heterocycles. The van der Waals surface area contributed by atoms with E-state index in [1.54, 1.807) is 0 Å². The predicted molar refractivity (Wildman–Crippen MR) is 120 cm³/mol. The molecule has 0 unspecified atom stereocenters. The molecule has 0 N–H and O–H groups in total. The predicted octanol–water partition coefficient (Wildman–Crippen LogP) is 3.36. The summed E-state index contributed by atoms with van der Waals surface area (Å²) < 4.78 is 5.75. The van der Waals surface area contributed by atoms with Crippen molar-refractivity contribution in [1.29, 1.82) is 0 Å². The molecule has 5 rings (SSSR count). The highest BCUT2D eigenvalue weighted by atomic mass is 16.5. The van der Waals surface area contributed by atoms with Gasteiger partial charge in [-0.3, -0.25) is 4.79 Å². The van der Waals surface area contributed by atoms with Crippen molar-refractivity contribution in [3.63, 3.8) is 0 Å². The largest absolute Gasteiger partial charge is 0.484 e. The minimum Gasteiger partial charge on any atom is -0.484 e. The number of fused-ring (bicyclic) bond motifs is 1. The second kappa shape index (κ2) is 8.76. The molecule has 0 spiro atoms. The van der Waals surface area contributed by atoms with Gasteiger partial charge in [0.15, 0.2) is 12.4 Å². The van der Waals surface area contributed by atoms with E-state index in [2.05, 4.69) is 33.3 Å². The van der Waals surface area contributed by atoms with Gasteiger partial charge < -0.3 is 14.5 Å². The Hall–Kier alpha value is -3.41. The van der Waals surface area contributed by atoms with E-state index in [-0.39, 0.29) is 12.5 Å². The Kier molecular flexibility index (Phi) is 5.52. The van der Waals surface area contributed by atoms with Crippen LogP contribution >= 0.6 is 0 Å². The van der Waals surface area contributed by atoms with Gasteiger partial charge in [-0.2, -0.15) is 5.10 Å². The third-order valence-electron chi connectivity index (χ3n) is 6.09. The second-order valence-corrected chi connectivity index (χ2v) is 8.07. The zero-order valence-corrected chi connectivity index (χ0v) is 17.5. The molecule has 158 valence electrons. The molecule has 2 heterocycles. The lowest BCUT2D eigenvalue weighted by atomic mass is 10.1. The number of ether oxygens (including phenoxy) is 1. The Morgan fingerprint density at radius 3 is 2.39 bits per heavy atom. The highest BCUT2D eigenvalue weighted by Crippen LogP contribution is 2.24. The average Bonchev–Trinajstić information content (AvgIpc) is 3.31. The first-order chi connectivity index (χ1) is 15.3. The van der Waals surface area contributed by atoms with Gasteiger partial charge in [-0.05, 0) is 54.2 Å². The maximum atomic E-state index is 12.6. The fraction of sp³-hybridized carbons (Fsp3) is 0.320. The number of anilines is 1. The summed E-state index contributed by atoms with van der Waals surface area (Å²) in [5.74, 6) is 1.66. The van der Waals surface area contributed by atoms with Gasteiger partial charge in [0.05, 0.1) is 5.69 Å². The summed E-state index contributed by atoms with van der Waals surface area (Å²) in [5, 5.41) is 8.78. The summed E-state index contributed by atoms with van der Waals surface area (Å²) in [7, 11) is 0. The van der Waals surface area contributed by atoms with Crippen LogP contribution in [0, 0.1) is 0 Å². The standard InChI is InChI=1S/C25H26N4O2/c30-25(18-31-22-11-9-20(10-12-22)19-5-2-1-3-6-19)29-15-13-28(14-16-29)24-17-21-7-4-8-23(21)26-27-24/h1-3,5-6,9-12,17H,4,7-8,13-16,18H2. The molecular formula is C25H26N4O2. The molecule has 31 heavy (non-hydrogen) atoms. The van der Waals surface area contributed by atoms with Gasteiger partial charge in [0, 0.05) is 26.2 Å². The van der Waals surface area contributed by atoms with Crippen LogP contribution in [0.15, 0.2) is 60.7 Å². The topological polar surface area (TPSA) is 58.6 Å². The Bertz CT molecular complexity index is 1040. The smallest absolute Gasteiger partial charge is 0.260 e. The molecule has 2 aliphatic rings. The zero-order valence-electron chi connectivity index (χ0n) is 17.5. The number of nitrogens with zero attached hydrogens (tertiary/aromatic N) is 4. The summed E-state index contributed by atoms with van der Waals surface area (Å²) in [4.78, 5) is 16.7. The number of hydrogen-bond donors (Lipinski definition) is 0. The van der Waals surface area contributed by atoms with Gasteiger partial charge >= 0.3 is 0 Å². The summed E-state index contributed by atoms with van der Waals surface area (Å²) in [5.41, 5.74) is 4.77. The minimum absolute atomic E-state index is 0.0202. The van der Waals surface area contributed by atoms with Crippen LogP contribution in [0.1, 0.15) is 17.7 Å². The Labute approximate surface area is 182 Å². The van der Waals surface area contributed by atoms with E-state index >= 15 is 0 Å². The summed E-state index contributed by atoms with van der Waals surface area (Å²) in [6.45, 7) is 2.95. The van der Waals surface area contributed by atoms with Gasteiger partial charge in [0.1, 0.15) is 5.75 Å². The third kappa shape index (κ3) is 4.38. The zero-order chi connectivity index (χ0) is 21.0. The number of amides is 1. The number of rotatable bonds is 5. The fourth-order valence-corrected chi connectivity index (χ4v) is 4.27. The minimum atomic E-state index is 0.0202. The number of benzene rings is 2. The van der Waals surface area contributed by atoms with Crippen LogP contribution < -0.4 is 9.64 Å². The molecule has 1 fully saturated rings. The van der Waals surface area contributed by atoms with E-state index in [1.807, 2.05) is 47.4 Å². The van der Waals surface area contributed by atoms with Crippen LogP contribution in [0.3, 0.4) is 0 Å². The number of aryl methyl sites for hydroxylation is 2. The van der Waals surface area contributed by atoms with Crippen LogP contribution in [0.2, 0.25) is 0 Å². The Morgan fingerprint density at radius 2 is 1.61 bits per heavy atom. The molecule has 1 saturated heterocycles. The summed E-state index contributed by atoms with van der Waals surface area (Å²) in [6, 6.07) is 20.3. The number of carbonyl (C=O) groups is 1. The van der Waals surface area contributed by atoms with Crippen molar-refractivity contribution in [3.8, 4) is 16.9 Å². The molecule has 6 heteroatoms. The highest BCUT2D eigenvalue weighted by Gasteiger charge is 2.23. The molecule has 0 bridgehead atoms. The highest BCUT2D eigenvalue weighted by molar-refractivity contribution is 5.78. The Balaban J connectivity index is 1.12. The SMILES string of the molecule is O=C(COc1ccc(-c2ccccc2)cc1)N1CCN(c2cc3c(nn2)CCC3)CC1. The monoisotopic (exact) mass is 414 g/mol. The van der Waals surface area contributed by atoms with E-state index in [9.17, 15) is 4.79 Å². The van der Waals surface area contributed by atoms with E-state index in [1.165, 1.54) is 12.0 Å². The average molecular weight is 415 g/mol. The van der Waals surface area contributed by atoms with Gasteiger partial charge in [0.2, 0.25) is 0 Å². The van der Waals surface area contributed by atoms with E-state index in [4.69, 9.17) is 4.74 Å².